The number of ether oxygens (including phenoxy) is 2. The molecule has 1 aliphatic rings. The molecule has 1 aromatic heterocycles. The van der Waals surface area contributed by atoms with Gasteiger partial charge >= 0.3 is 4.87 Å². The third kappa shape index (κ3) is 3.09. The maximum Gasteiger partial charge on any atom is 0.308 e. The molecule has 1 atom stereocenters. The first-order valence-corrected chi connectivity index (χ1v) is 9.77. The number of benzene rings is 2. The molecule has 1 aliphatic heterocycles. The van der Waals surface area contributed by atoms with Gasteiger partial charge in [0.2, 0.25) is 5.91 Å². The highest BCUT2D eigenvalue weighted by atomic mass is 32.1. The molecule has 0 saturated heterocycles. The summed E-state index contributed by atoms with van der Waals surface area (Å²) in [6.07, 6.45) is 0.147. The Morgan fingerprint density at radius 1 is 1.07 bits per heavy atom. The minimum Gasteiger partial charge on any atom is -0.493 e. The zero-order valence-corrected chi connectivity index (χ0v) is 17.0. The van der Waals surface area contributed by atoms with Gasteiger partial charge in [0.1, 0.15) is 11.6 Å². The van der Waals surface area contributed by atoms with E-state index in [-0.39, 0.29) is 23.1 Å². The van der Waals surface area contributed by atoms with E-state index in [0.717, 1.165) is 21.8 Å². The van der Waals surface area contributed by atoms with Crippen molar-refractivity contribution in [2.75, 3.05) is 19.1 Å². The fourth-order valence-electron chi connectivity index (χ4n) is 3.72. The summed E-state index contributed by atoms with van der Waals surface area (Å²) in [4.78, 5) is 27.8. The molecule has 0 spiro atoms. The van der Waals surface area contributed by atoms with Gasteiger partial charge in [-0.3, -0.25) is 19.1 Å². The van der Waals surface area contributed by atoms with Crippen molar-refractivity contribution in [2.24, 2.45) is 7.05 Å². The van der Waals surface area contributed by atoms with E-state index < -0.39 is 5.82 Å². The van der Waals surface area contributed by atoms with Crippen LogP contribution in [0, 0.1) is 5.82 Å². The molecular weight excluding hydrogens is 395 g/mol. The Hall–Kier alpha value is -3.13. The Bertz CT molecular complexity index is 1140. The number of hydrogen-bond acceptors (Lipinski definition) is 5. The molecule has 0 N–H and O–H groups in total. The average Bonchev–Trinajstić information content (AvgIpc) is 3.02. The van der Waals surface area contributed by atoms with Crippen LogP contribution in [0.5, 0.6) is 11.5 Å². The molecular formula is C21H19FN2O4S. The standard InChI is InChI=1S/C21H19FN2O4S/c1-23-20-19(29-21(23)26)15(14-5-4-6-16(27-2)18(14)28-3)11-17(25)24(20)13-9-7-12(22)8-10-13/h4-10,15H,11H2,1-3H3/t15-/m0/s1. The number of thiazole rings is 1. The topological polar surface area (TPSA) is 60.8 Å². The first-order chi connectivity index (χ1) is 14.0. The highest BCUT2D eigenvalue weighted by Crippen LogP contribution is 2.48. The number of nitrogens with zero attached hydrogens (tertiary/aromatic N) is 2. The summed E-state index contributed by atoms with van der Waals surface area (Å²) in [6, 6.07) is 11.1. The summed E-state index contributed by atoms with van der Waals surface area (Å²) in [6.45, 7) is 0. The molecule has 0 bridgehead atoms. The minimum absolute atomic E-state index is 0.147. The van der Waals surface area contributed by atoms with Crippen LogP contribution in [0.2, 0.25) is 0 Å². The van der Waals surface area contributed by atoms with Gasteiger partial charge in [0.05, 0.1) is 24.8 Å². The molecule has 29 heavy (non-hydrogen) atoms. The molecule has 0 saturated carbocycles. The molecule has 0 fully saturated rings. The summed E-state index contributed by atoms with van der Waals surface area (Å²) in [7, 11) is 4.73. The average molecular weight is 414 g/mol. The van der Waals surface area contributed by atoms with Crippen molar-refractivity contribution in [1.29, 1.82) is 0 Å². The van der Waals surface area contributed by atoms with E-state index in [4.69, 9.17) is 9.47 Å². The van der Waals surface area contributed by atoms with Crippen LogP contribution in [0.25, 0.3) is 0 Å². The van der Waals surface area contributed by atoms with Crippen LogP contribution in [0.15, 0.2) is 47.3 Å². The van der Waals surface area contributed by atoms with Gasteiger partial charge in [0, 0.05) is 24.9 Å². The lowest BCUT2D eigenvalue weighted by molar-refractivity contribution is -0.118. The van der Waals surface area contributed by atoms with E-state index in [2.05, 4.69) is 0 Å². The summed E-state index contributed by atoms with van der Waals surface area (Å²) >= 11 is 1.10. The lowest BCUT2D eigenvalue weighted by atomic mass is 9.89. The Kier molecular flexibility index (Phi) is 4.87. The van der Waals surface area contributed by atoms with Gasteiger partial charge in [-0.15, -0.1) is 0 Å². The SMILES string of the molecule is COc1cccc([C@@H]2CC(=O)N(c3ccc(F)cc3)c3c2sc(=O)n3C)c1OC. The highest BCUT2D eigenvalue weighted by molar-refractivity contribution is 7.10. The normalized spacial score (nSPS) is 15.9. The number of amides is 1. The zero-order chi connectivity index (χ0) is 20.7. The van der Waals surface area contributed by atoms with Gasteiger partial charge in [0.25, 0.3) is 0 Å². The van der Waals surface area contributed by atoms with Crippen LogP contribution < -0.4 is 19.2 Å². The number of halogens is 1. The Labute approximate surface area is 170 Å². The monoisotopic (exact) mass is 414 g/mol. The van der Waals surface area contributed by atoms with E-state index >= 15 is 0 Å². The van der Waals surface area contributed by atoms with Crippen LogP contribution >= 0.6 is 11.3 Å². The van der Waals surface area contributed by atoms with Gasteiger partial charge in [-0.1, -0.05) is 23.5 Å². The molecule has 6 nitrogen and oxygen atoms in total. The van der Waals surface area contributed by atoms with E-state index in [1.54, 1.807) is 27.3 Å². The predicted molar refractivity (Wildman–Crippen MR) is 109 cm³/mol. The van der Waals surface area contributed by atoms with Crippen LogP contribution in [0.4, 0.5) is 15.9 Å². The van der Waals surface area contributed by atoms with Gasteiger partial charge in [0.15, 0.2) is 11.5 Å². The molecule has 2 aromatic carbocycles. The lowest BCUT2D eigenvalue weighted by Gasteiger charge is -2.32. The van der Waals surface area contributed by atoms with Crippen LogP contribution in [-0.4, -0.2) is 24.7 Å². The smallest absolute Gasteiger partial charge is 0.308 e. The van der Waals surface area contributed by atoms with Crippen molar-refractivity contribution >= 4 is 28.7 Å². The summed E-state index contributed by atoms with van der Waals surface area (Å²) in [5.74, 6) is 0.667. The van der Waals surface area contributed by atoms with Crippen molar-refractivity contribution in [3.05, 3.63) is 68.4 Å². The maximum atomic E-state index is 13.4. The van der Waals surface area contributed by atoms with Gasteiger partial charge in [-0.05, 0) is 30.3 Å². The van der Waals surface area contributed by atoms with E-state index in [1.807, 2.05) is 12.1 Å². The number of para-hydroxylation sites is 1. The number of carbonyl (C=O) groups is 1. The first kappa shape index (κ1) is 19.2. The van der Waals surface area contributed by atoms with Crippen molar-refractivity contribution in [3.8, 4) is 11.5 Å². The largest absolute Gasteiger partial charge is 0.493 e. The van der Waals surface area contributed by atoms with Gasteiger partial charge in [-0.25, -0.2) is 4.39 Å². The third-order valence-corrected chi connectivity index (χ3v) is 6.19. The number of carbonyl (C=O) groups excluding carboxylic acids is 1. The first-order valence-electron chi connectivity index (χ1n) is 8.95. The number of fused-ring (bicyclic) bond motifs is 1. The Balaban J connectivity index is 1.91. The molecule has 0 aliphatic carbocycles. The number of rotatable bonds is 4. The summed E-state index contributed by atoms with van der Waals surface area (Å²) in [5.41, 5.74) is 1.30. The second kappa shape index (κ2) is 7.36. The molecule has 1 amide bonds. The fraction of sp³-hybridized carbons (Fsp3) is 0.238. The molecule has 2 heterocycles. The number of methoxy groups -OCH3 is 2. The molecule has 0 radical (unpaired) electrons. The summed E-state index contributed by atoms with van der Waals surface area (Å²) < 4.78 is 25.8. The van der Waals surface area contributed by atoms with E-state index in [9.17, 15) is 14.0 Å². The Morgan fingerprint density at radius 2 is 1.79 bits per heavy atom. The van der Waals surface area contributed by atoms with Crippen molar-refractivity contribution in [1.82, 2.24) is 4.57 Å². The lowest BCUT2D eigenvalue weighted by Crippen LogP contribution is -2.34. The number of hydrogen-bond donors (Lipinski definition) is 0. The van der Waals surface area contributed by atoms with Gasteiger partial charge in [-0.2, -0.15) is 0 Å². The number of anilines is 2. The summed E-state index contributed by atoms with van der Waals surface area (Å²) in [5, 5.41) is 0. The maximum absolute atomic E-state index is 13.4. The molecule has 4 rings (SSSR count). The minimum atomic E-state index is -0.392. The molecule has 8 heteroatoms. The molecule has 150 valence electrons. The van der Waals surface area contributed by atoms with E-state index in [1.165, 1.54) is 33.7 Å². The van der Waals surface area contributed by atoms with E-state index in [0.29, 0.717) is 23.0 Å². The second-order valence-corrected chi connectivity index (χ2v) is 7.65. The predicted octanol–water partition coefficient (Wildman–Crippen LogP) is 3.80. The van der Waals surface area contributed by atoms with Crippen molar-refractivity contribution in [2.45, 2.75) is 12.3 Å². The third-order valence-electron chi connectivity index (χ3n) is 5.06. The van der Waals surface area contributed by atoms with Crippen molar-refractivity contribution in [3.63, 3.8) is 0 Å². The quantitative estimate of drug-likeness (QED) is 0.652. The second-order valence-electron chi connectivity index (χ2n) is 6.66. The molecule has 0 unspecified atom stereocenters. The van der Waals surface area contributed by atoms with Gasteiger partial charge < -0.3 is 9.47 Å². The Morgan fingerprint density at radius 3 is 2.45 bits per heavy atom. The highest BCUT2D eigenvalue weighted by Gasteiger charge is 2.38. The zero-order valence-electron chi connectivity index (χ0n) is 16.1. The van der Waals surface area contributed by atoms with Crippen LogP contribution in [0.3, 0.4) is 0 Å². The fourth-order valence-corrected chi connectivity index (χ4v) is 4.80. The van der Waals surface area contributed by atoms with Crippen LogP contribution in [0.1, 0.15) is 22.8 Å². The van der Waals surface area contributed by atoms with Crippen LogP contribution in [-0.2, 0) is 11.8 Å². The number of aromatic nitrogens is 1. The van der Waals surface area contributed by atoms with Crippen molar-refractivity contribution < 1.29 is 18.7 Å². The molecule has 3 aromatic rings.